The molecule has 0 aromatic heterocycles. The minimum Gasteiger partial charge on any atom is -0.375 e. The van der Waals surface area contributed by atoms with Gasteiger partial charge in [0.25, 0.3) is 0 Å². The van der Waals surface area contributed by atoms with E-state index in [-0.39, 0.29) is 12.1 Å². The Hall–Kier alpha value is -2.54. The molecule has 0 aliphatic rings. The van der Waals surface area contributed by atoms with Crippen LogP contribution in [-0.4, -0.2) is 23.9 Å². The van der Waals surface area contributed by atoms with Gasteiger partial charge in [-0.15, -0.1) is 0 Å². The van der Waals surface area contributed by atoms with E-state index in [1.54, 1.807) is 30.3 Å². The summed E-state index contributed by atoms with van der Waals surface area (Å²) in [6.45, 7) is -0.816. The topological polar surface area (TPSA) is 61.4 Å². The van der Waals surface area contributed by atoms with Gasteiger partial charge in [-0.05, 0) is 11.1 Å². The molecule has 2 aromatic rings. The van der Waals surface area contributed by atoms with Crippen LogP contribution in [0, 0.1) is 0 Å². The van der Waals surface area contributed by atoms with E-state index < -0.39 is 24.4 Å². The van der Waals surface area contributed by atoms with Crippen LogP contribution in [0.4, 0.5) is 18.0 Å². The third-order valence-corrected chi connectivity index (χ3v) is 3.52. The quantitative estimate of drug-likeness (QED) is 0.785. The Morgan fingerprint density at radius 1 is 0.917 bits per heavy atom. The van der Waals surface area contributed by atoms with Crippen LogP contribution in [-0.2, 0) is 12.1 Å². The van der Waals surface area contributed by atoms with Gasteiger partial charge in [-0.3, -0.25) is 0 Å². The molecular formula is C17H17F3N2O2. The van der Waals surface area contributed by atoms with Gasteiger partial charge in [-0.25, -0.2) is 4.79 Å². The summed E-state index contributed by atoms with van der Waals surface area (Å²) in [7, 11) is 0. The van der Waals surface area contributed by atoms with Gasteiger partial charge in [0.15, 0.2) is 0 Å². The van der Waals surface area contributed by atoms with Crippen molar-refractivity contribution in [1.29, 1.82) is 0 Å². The third-order valence-electron chi connectivity index (χ3n) is 3.52. The van der Waals surface area contributed by atoms with E-state index >= 15 is 0 Å². The van der Waals surface area contributed by atoms with Crippen LogP contribution in [0.25, 0.3) is 0 Å². The molecule has 4 nitrogen and oxygen atoms in total. The lowest BCUT2D eigenvalue weighted by molar-refractivity contribution is -0.263. The molecule has 2 amide bonds. The average molecular weight is 338 g/mol. The number of benzene rings is 2. The van der Waals surface area contributed by atoms with E-state index in [0.717, 1.165) is 17.7 Å². The summed E-state index contributed by atoms with van der Waals surface area (Å²) in [6.07, 6.45) is -4.93. The standard InChI is InChI=1S/C17H17F3N2O2/c18-17(19,20)16(24,14-9-5-2-6-10-14)12-22-15(23)21-11-13-7-3-1-4-8-13/h1-10,24H,11-12H2,(H2,21,22,23). The SMILES string of the molecule is O=C(NCc1ccccc1)NCC(O)(c1ccccc1)C(F)(F)F. The van der Waals surface area contributed by atoms with Crippen LogP contribution < -0.4 is 10.6 Å². The molecule has 0 aliphatic heterocycles. The number of aliphatic hydroxyl groups is 1. The Balaban J connectivity index is 1.99. The molecule has 7 heteroatoms. The lowest BCUT2D eigenvalue weighted by atomic mass is 9.93. The van der Waals surface area contributed by atoms with Gasteiger partial charge in [0.05, 0.1) is 6.54 Å². The van der Waals surface area contributed by atoms with Crippen LogP contribution in [0.15, 0.2) is 60.7 Å². The number of amides is 2. The van der Waals surface area contributed by atoms with Gasteiger partial charge in [0, 0.05) is 6.54 Å². The summed E-state index contributed by atoms with van der Waals surface area (Å²) in [5.41, 5.74) is -2.68. The Morgan fingerprint density at radius 3 is 2.00 bits per heavy atom. The van der Waals surface area contributed by atoms with E-state index in [2.05, 4.69) is 10.6 Å². The first-order chi connectivity index (χ1) is 11.3. The zero-order valence-electron chi connectivity index (χ0n) is 12.7. The van der Waals surface area contributed by atoms with Crippen LogP contribution >= 0.6 is 0 Å². The summed E-state index contributed by atoms with van der Waals surface area (Å²) in [5, 5.41) is 14.6. The first-order valence-electron chi connectivity index (χ1n) is 7.23. The highest BCUT2D eigenvalue weighted by molar-refractivity contribution is 5.74. The predicted molar refractivity (Wildman–Crippen MR) is 83.1 cm³/mol. The second-order valence-corrected chi connectivity index (χ2v) is 5.25. The molecule has 24 heavy (non-hydrogen) atoms. The molecule has 0 heterocycles. The number of nitrogens with one attached hydrogen (secondary N) is 2. The molecule has 0 bridgehead atoms. The van der Waals surface area contributed by atoms with Gasteiger partial charge < -0.3 is 15.7 Å². The highest BCUT2D eigenvalue weighted by Gasteiger charge is 2.55. The van der Waals surface area contributed by atoms with Crippen molar-refractivity contribution in [2.24, 2.45) is 0 Å². The van der Waals surface area contributed by atoms with Crippen molar-refractivity contribution in [3.05, 3.63) is 71.8 Å². The normalized spacial score (nSPS) is 13.8. The number of carbonyl (C=O) groups excluding carboxylic acids is 1. The first kappa shape index (κ1) is 17.8. The molecule has 2 aromatic carbocycles. The Kier molecular flexibility index (Phi) is 5.46. The summed E-state index contributed by atoms with van der Waals surface area (Å²) in [5.74, 6) is 0. The van der Waals surface area contributed by atoms with Crippen molar-refractivity contribution in [3.8, 4) is 0 Å². The molecule has 3 N–H and O–H groups in total. The molecule has 1 unspecified atom stereocenters. The van der Waals surface area contributed by atoms with Crippen LogP contribution in [0.3, 0.4) is 0 Å². The number of alkyl halides is 3. The molecule has 128 valence electrons. The molecule has 0 saturated carbocycles. The van der Waals surface area contributed by atoms with Crippen LogP contribution in [0.5, 0.6) is 0 Å². The molecule has 0 spiro atoms. The van der Waals surface area contributed by atoms with Gasteiger partial charge in [0.2, 0.25) is 5.60 Å². The molecule has 0 aliphatic carbocycles. The number of halogens is 3. The van der Waals surface area contributed by atoms with Crippen LogP contribution in [0.2, 0.25) is 0 Å². The molecule has 0 saturated heterocycles. The zero-order valence-corrected chi connectivity index (χ0v) is 12.7. The maximum Gasteiger partial charge on any atom is 0.423 e. The number of rotatable bonds is 5. The van der Waals surface area contributed by atoms with Gasteiger partial charge in [-0.1, -0.05) is 60.7 Å². The fourth-order valence-electron chi connectivity index (χ4n) is 2.13. The Labute approximate surface area is 137 Å². The van der Waals surface area contributed by atoms with Gasteiger partial charge >= 0.3 is 12.2 Å². The zero-order chi connectivity index (χ0) is 17.6. The minimum atomic E-state index is -4.93. The molecular weight excluding hydrogens is 321 g/mol. The maximum atomic E-state index is 13.3. The Morgan fingerprint density at radius 2 is 1.46 bits per heavy atom. The third kappa shape index (κ3) is 4.26. The van der Waals surface area contributed by atoms with E-state index in [9.17, 15) is 23.1 Å². The number of hydrogen-bond donors (Lipinski definition) is 3. The second-order valence-electron chi connectivity index (χ2n) is 5.25. The monoisotopic (exact) mass is 338 g/mol. The van der Waals surface area contributed by atoms with E-state index in [1.807, 2.05) is 6.07 Å². The summed E-state index contributed by atoms with van der Waals surface area (Å²) in [4.78, 5) is 11.7. The Bertz CT molecular complexity index is 663. The highest BCUT2D eigenvalue weighted by Crippen LogP contribution is 2.38. The molecule has 2 rings (SSSR count). The molecule has 1 atom stereocenters. The first-order valence-corrected chi connectivity index (χ1v) is 7.23. The predicted octanol–water partition coefficient (Wildman–Crippen LogP) is 2.94. The van der Waals surface area contributed by atoms with Crippen molar-refractivity contribution in [2.45, 2.75) is 18.3 Å². The number of hydrogen-bond acceptors (Lipinski definition) is 2. The lowest BCUT2D eigenvalue weighted by Crippen LogP contribution is -2.52. The fraction of sp³-hybridized carbons (Fsp3) is 0.235. The summed E-state index contributed by atoms with van der Waals surface area (Å²) < 4.78 is 39.8. The van der Waals surface area contributed by atoms with Crippen LogP contribution in [0.1, 0.15) is 11.1 Å². The van der Waals surface area contributed by atoms with Crippen molar-refractivity contribution in [1.82, 2.24) is 10.6 Å². The molecule has 0 fully saturated rings. The minimum absolute atomic E-state index is 0.169. The fourth-order valence-corrected chi connectivity index (χ4v) is 2.13. The van der Waals surface area contributed by atoms with Crippen molar-refractivity contribution >= 4 is 6.03 Å². The summed E-state index contributed by atoms with van der Waals surface area (Å²) >= 11 is 0. The molecule has 0 radical (unpaired) electrons. The number of urea groups is 1. The van der Waals surface area contributed by atoms with Crippen molar-refractivity contribution in [2.75, 3.05) is 6.54 Å². The highest BCUT2D eigenvalue weighted by atomic mass is 19.4. The van der Waals surface area contributed by atoms with E-state index in [1.165, 1.54) is 12.1 Å². The average Bonchev–Trinajstić information content (AvgIpc) is 2.58. The van der Waals surface area contributed by atoms with E-state index in [0.29, 0.717) is 0 Å². The van der Waals surface area contributed by atoms with Crippen molar-refractivity contribution < 1.29 is 23.1 Å². The lowest BCUT2D eigenvalue weighted by Gasteiger charge is -2.31. The maximum absolute atomic E-state index is 13.3. The van der Waals surface area contributed by atoms with E-state index in [4.69, 9.17) is 0 Å². The van der Waals surface area contributed by atoms with Gasteiger partial charge in [0.1, 0.15) is 0 Å². The van der Waals surface area contributed by atoms with Gasteiger partial charge in [-0.2, -0.15) is 13.2 Å². The smallest absolute Gasteiger partial charge is 0.375 e. The second kappa shape index (κ2) is 7.35. The number of carbonyl (C=O) groups is 1. The van der Waals surface area contributed by atoms with Crippen molar-refractivity contribution in [3.63, 3.8) is 0 Å². The largest absolute Gasteiger partial charge is 0.423 e. The summed E-state index contributed by atoms with van der Waals surface area (Å²) in [6, 6.07) is 14.8.